The summed E-state index contributed by atoms with van der Waals surface area (Å²) in [5.41, 5.74) is 0.530. The van der Waals surface area contributed by atoms with E-state index >= 15 is 0 Å². The summed E-state index contributed by atoms with van der Waals surface area (Å²) in [6.07, 6.45) is 2.28. The van der Waals surface area contributed by atoms with Crippen molar-refractivity contribution >= 4 is 0 Å². The third-order valence-corrected chi connectivity index (χ3v) is 3.19. The van der Waals surface area contributed by atoms with Crippen LogP contribution >= 0.6 is 0 Å². The highest BCUT2D eigenvalue weighted by molar-refractivity contribution is 5.52. The van der Waals surface area contributed by atoms with Crippen molar-refractivity contribution in [2.75, 3.05) is 27.2 Å². The number of hydrogen-bond donors (Lipinski definition) is 0. The van der Waals surface area contributed by atoms with Gasteiger partial charge in [0.05, 0.1) is 12.7 Å². The molecule has 1 fully saturated rings. The van der Waals surface area contributed by atoms with E-state index < -0.39 is 0 Å². The Labute approximate surface area is 108 Å². The van der Waals surface area contributed by atoms with E-state index in [-0.39, 0.29) is 6.10 Å². The van der Waals surface area contributed by atoms with Crippen LogP contribution in [0.25, 0.3) is 0 Å². The largest absolute Gasteiger partial charge is 0.493 e. The molecule has 0 aromatic heterocycles. The van der Waals surface area contributed by atoms with E-state index in [9.17, 15) is 0 Å². The maximum atomic E-state index is 9.12. The van der Waals surface area contributed by atoms with Crippen molar-refractivity contribution in [2.45, 2.75) is 18.9 Å². The van der Waals surface area contributed by atoms with Crippen LogP contribution in [0.5, 0.6) is 11.5 Å². The highest BCUT2D eigenvalue weighted by Crippen LogP contribution is 2.32. The van der Waals surface area contributed by atoms with Crippen molar-refractivity contribution in [1.82, 2.24) is 4.90 Å². The number of likely N-dealkylation sites (tertiary alicyclic amines) is 1. The first-order valence-electron chi connectivity index (χ1n) is 6.17. The molecule has 1 atom stereocenters. The molecule has 96 valence electrons. The molecule has 1 aromatic carbocycles. The third-order valence-electron chi connectivity index (χ3n) is 3.19. The highest BCUT2D eigenvalue weighted by atomic mass is 16.5. The van der Waals surface area contributed by atoms with Gasteiger partial charge in [0.1, 0.15) is 12.2 Å². The molecule has 1 aliphatic heterocycles. The summed E-state index contributed by atoms with van der Waals surface area (Å²) in [5.74, 6) is 1.20. The van der Waals surface area contributed by atoms with E-state index in [1.54, 1.807) is 19.2 Å². The lowest BCUT2D eigenvalue weighted by Gasteiger charge is -2.30. The number of para-hydroxylation sites is 1. The van der Waals surface area contributed by atoms with Crippen LogP contribution in [0.3, 0.4) is 0 Å². The topological polar surface area (TPSA) is 45.5 Å². The van der Waals surface area contributed by atoms with Gasteiger partial charge >= 0.3 is 0 Å². The second-order valence-electron chi connectivity index (χ2n) is 4.59. The molecular weight excluding hydrogens is 228 g/mol. The molecule has 1 aromatic rings. The second-order valence-corrected chi connectivity index (χ2v) is 4.59. The van der Waals surface area contributed by atoms with Crippen molar-refractivity contribution in [3.63, 3.8) is 0 Å². The lowest BCUT2D eigenvalue weighted by Crippen LogP contribution is -2.38. The van der Waals surface area contributed by atoms with Crippen LogP contribution in [0, 0.1) is 11.3 Å². The Morgan fingerprint density at radius 1 is 1.44 bits per heavy atom. The Hall–Kier alpha value is -1.73. The second kappa shape index (κ2) is 5.74. The predicted molar refractivity (Wildman–Crippen MR) is 68.9 cm³/mol. The summed E-state index contributed by atoms with van der Waals surface area (Å²) in [4.78, 5) is 2.25. The molecule has 1 heterocycles. The van der Waals surface area contributed by atoms with Crippen molar-refractivity contribution in [3.05, 3.63) is 23.8 Å². The zero-order valence-corrected chi connectivity index (χ0v) is 10.8. The van der Waals surface area contributed by atoms with Gasteiger partial charge in [-0.2, -0.15) is 5.26 Å². The minimum Gasteiger partial charge on any atom is -0.493 e. The number of rotatable bonds is 3. The van der Waals surface area contributed by atoms with Crippen LogP contribution in [0.1, 0.15) is 18.4 Å². The first-order chi connectivity index (χ1) is 8.74. The summed E-state index contributed by atoms with van der Waals surface area (Å²) in [7, 11) is 3.68. The quantitative estimate of drug-likeness (QED) is 0.818. The fraction of sp³-hybridized carbons (Fsp3) is 0.500. The number of hydrogen-bond acceptors (Lipinski definition) is 4. The molecule has 0 amide bonds. The smallest absolute Gasteiger partial charge is 0.179 e. The number of nitriles is 1. The summed E-state index contributed by atoms with van der Waals surface area (Å²) < 4.78 is 11.2. The molecular formula is C14H18N2O2. The van der Waals surface area contributed by atoms with E-state index in [4.69, 9.17) is 14.7 Å². The van der Waals surface area contributed by atoms with E-state index in [1.165, 1.54) is 0 Å². The molecule has 0 aliphatic carbocycles. The molecule has 0 N–H and O–H groups in total. The van der Waals surface area contributed by atoms with Crippen LogP contribution in [0.4, 0.5) is 0 Å². The third kappa shape index (κ3) is 2.74. The number of piperidine rings is 1. The van der Waals surface area contributed by atoms with Crippen molar-refractivity contribution < 1.29 is 9.47 Å². The Morgan fingerprint density at radius 2 is 2.28 bits per heavy atom. The summed E-state index contributed by atoms with van der Waals surface area (Å²) >= 11 is 0. The Morgan fingerprint density at radius 3 is 2.94 bits per heavy atom. The van der Waals surface area contributed by atoms with E-state index in [0.717, 1.165) is 25.9 Å². The van der Waals surface area contributed by atoms with Gasteiger partial charge in [0.15, 0.2) is 11.5 Å². The van der Waals surface area contributed by atoms with E-state index in [2.05, 4.69) is 18.0 Å². The van der Waals surface area contributed by atoms with Crippen LogP contribution in [0.2, 0.25) is 0 Å². The fourth-order valence-corrected chi connectivity index (χ4v) is 2.27. The minimum atomic E-state index is 0.132. The predicted octanol–water partition coefficient (Wildman–Crippen LogP) is 2.04. The minimum absolute atomic E-state index is 0.132. The van der Waals surface area contributed by atoms with Crippen molar-refractivity contribution in [2.24, 2.45) is 0 Å². The Balaban J connectivity index is 2.19. The van der Waals surface area contributed by atoms with Gasteiger partial charge in [0.25, 0.3) is 0 Å². The van der Waals surface area contributed by atoms with Gasteiger partial charge in [0, 0.05) is 6.54 Å². The molecule has 0 saturated carbocycles. The lowest BCUT2D eigenvalue weighted by molar-refractivity contribution is 0.101. The molecule has 0 bridgehead atoms. The Bertz CT molecular complexity index is 454. The zero-order chi connectivity index (χ0) is 13.0. The van der Waals surface area contributed by atoms with Gasteiger partial charge in [-0.05, 0) is 38.6 Å². The first-order valence-corrected chi connectivity index (χ1v) is 6.17. The molecule has 1 saturated heterocycles. The number of nitrogens with zero attached hydrogens (tertiary/aromatic N) is 2. The molecule has 0 radical (unpaired) electrons. The fourth-order valence-electron chi connectivity index (χ4n) is 2.27. The van der Waals surface area contributed by atoms with Crippen LogP contribution in [-0.2, 0) is 0 Å². The number of methoxy groups -OCH3 is 1. The highest BCUT2D eigenvalue weighted by Gasteiger charge is 2.21. The van der Waals surface area contributed by atoms with Crippen molar-refractivity contribution in [1.29, 1.82) is 5.26 Å². The average molecular weight is 246 g/mol. The zero-order valence-electron chi connectivity index (χ0n) is 10.8. The normalized spacial score (nSPS) is 20.2. The van der Waals surface area contributed by atoms with Gasteiger partial charge in [-0.1, -0.05) is 6.07 Å². The number of benzene rings is 1. The SMILES string of the molecule is COc1cccc(C#N)c1OC1CCCN(C)C1. The number of likely N-dealkylation sites (N-methyl/N-ethyl adjacent to an activating group) is 1. The first kappa shape index (κ1) is 12.7. The molecule has 2 rings (SSSR count). The van der Waals surface area contributed by atoms with Gasteiger partial charge in [-0.25, -0.2) is 0 Å². The average Bonchev–Trinajstić information content (AvgIpc) is 2.39. The van der Waals surface area contributed by atoms with Crippen LogP contribution in [-0.4, -0.2) is 38.3 Å². The molecule has 1 aliphatic rings. The van der Waals surface area contributed by atoms with Gasteiger partial charge < -0.3 is 14.4 Å². The molecule has 4 nitrogen and oxygen atoms in total. The van der Waals surface area contributed by atoms with E-state index in [1.807, 2.05) is 6.07 Å². The number of ether oxygens (including phenoxy) is 2. The van der Waals surface area contributed by atoms with Gasteiger partial charge in [0.2, 0.25) is 0 Å². The maximum absolute atomic E-state index is 9.12. The summed E-state index contributed by atoms with van der Waals surface area (Å²) in [6, 6.07) is 7.53. The summed E-state index contributed by atoms with van der Waals surface area (Å²) in [6.45, 7) is 2.00. The van der Waals surface area contributed by atoms with Gasteiger partial charge in [-0.15, -0.1) is 0 Å². The maximum Gasteiger partial charge on any atom is 0.179 e. The standard InChI is InChI=1S/C14H18N2O2/c1-16-8-4-6-12(10-16)18-14-11(9-15)5-3-7-13(14)17-2/h3,5,7,12H,4,6,8,10H2,1-2H3. The monoisotopic (exact) mass is 246 g/mol. The molecule has 0 spiro atoms. The molecule has 4 heteroatoms. The molecule has 18 heavy (non-hydrogen) atoms. The lowest BCUT2D eigenvalue weighted by atomic mass is 10.1. The van der Waals surface area contributed by atoms with Crippen molar-refractivity contribution in [3.8, 4) is 17.6 Å². The van der Waals surface area contributed by atoms with Gasteiger partial charge in [-0.3, -0.25) is 0 Å². The molecule has 1 unspecified atom stereocenters. The van der Waals surface area contributed by atoms with E-state index in [0.29, 0.717) is 17.1 Å². The van der Waals surface area contributed by atoms with Crippen LogP contribution < -0.4 is 9.47 Å². The van der Waals surface area contributed by atoms with Crippen LogP contribution in [0.15, 0.2) is 18.2 Å². The Kier molecular flexibility index (Phi) is 4.06. The summed E-state index contributed by atoms with van der Waals surface area (Å²) in [5, 5.41) is 9.12.